The van der Waals surface area contributed by atoms with Crippen LogP contribution in [0.4, 0.5) is 0 Å². The van der Waals surface area contributed by atoms with Crippen molar-refractivity contribution in [1.82, 2.24) is 9.97 Å². The summed E-state index contributed by atoms with van der Waals surface area (Å²) in [6, 6.07) is 5.10. The molecule has 0 aliphatic carbocycles. The summed E-state index contributed by atoms with van der Waals surface area (Å²) in [5.41, 5.74) is 1.82. The van der Waals surface area contributed by atoms with Gasteiger partial charge in [-0.15, -0.1) is 0 Å². The van der Waals surface area contributed by atoms with E-state index in [1.807, 2.05) is 0 Å². The fraction of sp³-hybridized carbons (Fsp3) is 0.167. The van der Waals surface area contributed by atoms with Gasteiger partial charge in [0.25, 0.3) is 0 Å². The zero-order valence-corrected chi connectivity index (χ0v) is 10.6. The van der Waals surface area contributed by atoms with Crippen molar-refractivity contribution in [2.45, 2.75) is 6.92 Å². The number of carboxylic acid groups (broad SMARTS) is 1. The van der Waals surface area contributed by atoms with E-state index in [0.717, 1.165) is 0 Å². The van der Waals surface area contributed by atoms with Crippen LogP contribution in [0.2, 0.25) is 5.02 Å². The number of aromatic nitrogens is 2. The molecule has 0 fully saturated rings. The molecule has 6 heteroatoms. The van der Waals surface area contributed by atoms with Crippen molar-refractivity contribution in [3.63, 3.8) is 0 Å². The summed E-state index contributed by atoms with van der Waals surface area (Å²) in [5.74, 6) is -0.624. The van der Waals surface area contributed by atoms with Crippen LogP contribution in [-0.4, -0.2) is 28.2 Å². The van der Waals surface area contributed by atoms with Crippen LogP contribution in [-0.2, 0) is 0 Å². The topological polar surface area (TPSA) is 75.2 Å². The molecule has 0 saturated heterocycles. The summed E-state index contributed by atoms with van der Waals surface area (Å²) in [4.78, 5) is 17.6. The normalized spacial score (nSPS) is 10.4. The van der Waals surface area contributed by atoms with Gasteiger partial charge in [-0.25, -0.2) is 9.78 Å². The number of carboxylic acids is 1. The Morgan fingerprint density at radius 2 is 2.22 bits per heavy atom. The van der Waals surface area contributed by atoms with Gasteiger partial charge in [0.1, 0.15) is 5.75 Å². The molecule has 1 aromatic heterocycles. The fourth-order valence-corrected chi connectivity index (χ4v) is 1.86. The molecule has 2 rings (SSSR count). The lowest BCUT2D eigenvalue weighted by Crippen LogP contribution is -1.98. The standard InChI is InChI=1S/C12H11ClN2O3/c1-6-10(15-11(14-6)12(16)17)8-5-7(13)3-4-9(8)18-2/h3-5H,1-2H3,(H,14,15)(H,16,17). The number of aromatic carboxylic acids is 1. The number of halogens is 1. The van der Waals surface area contributed by atoms with E-state index in [1.165, 1.54) is 7.11 Å². The zero-order chi connectivity index (χ0) is 13.3. The molecule has 0 spiro atoms. The Bertz CT molecular complexity index is 607. The van der Waals surface area contributed by atoms with Crippen LogP contribution in [0.3, 0.4) is 0 Å². The van der Waals surface area contributed by atoms with Crippen molar-refractivity contribution < 1.29 is 14.6 Å². The first-order valence-corrected chi connectivity index (χ1v) is 5.54. The van der Waals surface area contributed by atoms with Crippen LogP contribution in [0.25, 0.3) is 11.3 Å². The second-order valence-electron chi connectivity index (χ2n) is 3.71. The number of hydrogen-bond donors (Lipinski definition) is 2. The van der Waals surface area contributed by atoms with Gasteiger partial charge in [0, 0.05) is 16.3 Å². The lowest BCUT2D eigenvalue weighted by atomic mass is 10.1. The van der Waals surface area contributed by atoms with Gasteiger partial charge in [-0.05, 0) is 25.1 Å². The molecular weight excluding hydrogens is 256 g/mol. The van der Waals surface area contributed by atoms with E-state index < -0.39 is 5.97 Å². The van der Waals surface area contributed by atoms with E-state index >= 15 is 0 Å². The smallest absolute Gasteiger partial charge is 0.371 e. The summed E-state index contributed by atoms with van der Waals surface area (Å²) in [6.07, 6.45) is 0. The molecule has 2 N–H and O–H groups in total. The number of nitrogens with zero attached hydrogens (tertiary/aromatic N) is 1. The van der Waals surface area contributed by atoms with Crippen molar-refractivity contribution in [2.24, 2.45) is 0 Å². The third-order valence-corrected chi connectivity index (χ3v) is 2.74. The Labute approximate surface area is 108 Å². The molecule has 94 valence electrons. The van der Waals surface area contributed by atoms with Crippen molar-refractivity contribution in [2.75, 3.05) is 7.11 Å². The van der Waals surface area contributed by atoms with Gasteiger partial charge in [-0.3, -0.25) is 0 Å². The van der Waals surface area contributed by atoms with Crippen LogP contribution < -0.4 is 4.74 Å². The maximum Gasteiger partial charge on any atom is 0.371 e. The Kier molecular flexibility index (Phi) is 3.25. The highest BCUT2D eigenvalue weighted by Gasteiger charge is 2.17. The molecule has 0 bridgehead atoms. The number of H-pyrrole nitrogens is 1. The van der Waals surface area contributed by atoms with Crippen molar-refractivity contribution >= 4 is 17.6 Å². The summed E-state index contributed by atoms with van der Waals surface area (Å²) in [6.45, 7) is 1.75. The Hall–Kier alpha value is -2.01. The quantitative estimate of drug-likeness (QED) is 0.896. The number of imidazole rings is 1. The maximum absolute atomic E-state index is 10.9. The van der Waals surface area contributed by atoms with Crippen LogP contribution in [0, 0.1) is 6.92 Å². The van der Waals surface area contributed by atoms with Gasteiger partial charge < -0.3 is 14.8 Å². The van der Waals surface area contributed by atoms with Crippen LogP contribution >= 0.6 is 11.6 Å². The SMILES string of the molecule is COc1ccc(Cl)cc1-c1nc(C(=O)O)[nH]c1C. The van der Waals surface area contributed by atoms with Gasteiger partial charge in [0.15, 0.2) is 0 Å². The van der Waals surface area contributed by atoms with E-state index in [0.29, 0.717) is 27.7 Å². The number of nitrogens with one attached hydrogen (secondary N) is 1. The molecule has 0 saturated carbocycles. The molecule has 1 heterocycles. The second-order valence-corrected chi connectivity index (χ2v) is 4.15. The predicted molar refractivity (Wildman–Crippen MR) is 67.3 cm³/mol. The molecule has 0 atom stereocenters. The molecule has 1 aromatic carbocycles. The highest BCUT2D eigenvalue weighted by molar-refractivity contribution is 6.31. The number of benzene rings is 1. The Balaban J connectivity index is 2.60. The molecule has 0 amide bonds. The predicted octanol–water partition coefficient (Wildman–Crippen LogP) is 2.75. The lowest BCUT2D eigenvalue weighted by molar-refractivity contribution is 0.0684. The number of hydrogen-bond acceptors (Lipinski definition) is 3. The van der Waals surface area contributed by atoms with E-state index in [9.17, 15) is 4.79 Å². The molecular formula is C12H11ClN2O3. The van der Waals surface area contributed by atoms with Gasteiger partial charge in [-0.2, -0.15) is 0 Å². The highest BCUT2D eigenvalue weighted by atomic mass is 35.5. The molecule has 5 nitrogen and oxygen atoms in total. The minimum Gasteiger partial charge on any atom is -0.496 e. The number of aryl methyl sites for hydroxylation is 1. The number of ether oxygens (including phenoxy) is 1. The van der Waals surface area contributed by atoms with Crippen molar-refractivity contribution in [3.8, 4) is 17.0 Å². The largest absolute Gasteiger partial charge is 0.496 e. The van der Waals surface area contributed by atoms with E-state index in [2.05, 4.69) is 9.97 Å². The first-order chi connectivity index (χ1) is 8.52. The number of carbonyl (C=O) groups is 1. The minimum atomic E-state index is -1.11. The molecule has 0 aliphatic rings. The molecule has 18 heavy (non-hydrogen) atoms. The molecule has 2 aromatic rings. The monoisotopic (exact) mass is 266 g/mol. The number of methoxy groups -OCH3 is 1. The van der Waals surface area contributed by atoms with Crippen LogP contribution in [0.5, 0.6) is 5.75 Å². The fourth-order valence-electron chi connectivity index (χ4n) is 1.69. The average molecular weight is 267 g/mol. The molecule has 0 unspecified atom stereocenters. The lowest BCUT2D eigenvalue weighted by Gasteiger charge is -2.07. The van der Waals surface area contributed by atoms with Crippen LogP contribution in [0.1, 0.15) is 16.3 Å². The first-order valence-electron chi connectivity index (χ1n) is 5.16. The summed E-state index contributed by atoms with van der Waals surface area (Å²) < 4.78 is 5.22. The van der Waals surface area contributed by atoms with Crippen molar-refractivity contribution in [3.05, 3.63) is 34.7 Å². The first kappa shape index (κ1) is 12.4. The van der Waals surface area contributed by atoms with E-state index in [1.54, 1.807) is 25.1 Å². The summed E-state index contributed by atoms with van der Waals surface area (Å²) >= 11 is 5.94. The van der Waals surface area contributed by atoms with E-state index in [4.69, 9.17) is 21.4 Å². The average Bonchev–Trinajstić information content (AvgIpc) is 2.71. The zero-order valence-electron chi connectivity index (χ0n) is 9.82. The third kappa shape index (κ3) is 2.17. The summed E-state index contributed by atoms with van der Waals surface area (Å²) in [5, 5.41) is 9.43. The van der Waals surface area contributed by atoms with Crippen molar-refractivity contribution in [1.29, 1.82) is 0 Å². The number of rotatable bonds is 3. The molecule has 0 aliphatic heterocycles. The van der Waals surface area contributed by atoms with Crippen LogP contribution in [0.15, 0.2) is 18.2 Å². The third-order valence-electron chi connectivity index (χ3n) is 2.50. The van der Waals surface area contributed by atoms with Gasteiger partial charge in [-0.1, -0.05) is 11.6 Å². The van der Waals surface area contributed by atoms with Gasteiger partial charge in [0.05, 0.1) is 12.8 Å². The number of aromatic amines is 1. The Morgan fingerprint density at radius 1 is 1.50 bits per heavy atom. The van der Waals surface area contributed by atoms with Gasteiger partial charge in [0.2, 0.25) is 5.82 Å². The van der Waals surface area contributed by atoms with Gasteiger partial charge >= 0.3 is 5.97 Å². The minimum absolute atomic E-state index is 0.107. The van der Waals surface area contributed by atoms with E-state index in [-0.39, 0.29) is 5.82 Å². The Morgan fingerprint density at radius 3 is 2.78 bits per heavy atom. The summed E-state index contributed by atoms with van der Waals surface area (Å²) in [7, 11) is 1.53. The second kappa shape index (κ2) is 4.70. The maximum atomic E-state index is 10.9. The molecule has 0 radical (unpaired) electrons. The highest BCUT2D eigenvalue weighted by Crippen LogP contribution is 2.33.